The van der Waals surface area contributed by atoms with Crippen molar-refractivity contribution < 1.29 is 13.2 Å². The number of anilines is 1. The highest BCUT2D eigenvalue weighted by Crippen LogP contribution is 2.20. The average Bonchev–Trinajstić information content (AvgIpc) is 2.46. The van der Waals surface area contributed by atoms with Gasteiger partial charge in [-0.1, -0.05) is 0 Å². The Morgan fingerprint density at radius 1 is 1.29 bits per heavy atom. The van der Waals surface area contributed by atoms with Crippen molar-refractivity contribution >= 4 is 33.4 Å². The summed E-state index contributed by atoms with van der Waals surface area (Å²) >= 11 is 1.66. The molecule has 0 spiro atoms. The van der Waals surface area contributed by atoms with Crippen LogP contribution in [0, 0.1) is 0 Å². The topological polar surface area (TPSA) is 101 Å². The third-order valence-corrected chi connectivity index (χ3v) is 5.50. The second-order valence-electron chi connectivity index (χ2n) is 4.88. The highest BCUT2D eigenvalue weighted by Gasteiger charge is 2.15. The third kappa shape index (κ3) is 5.31. The minimum Gasteiger partial charge on any atom is -0.325 e. The van der Waals surface area contributed by atoms with E-state index in [9.17, 15) is 13.2 Å². The highest BCUT2D eigenvalue weighted by molar-refractivity contribution is 8.00. The molecule has 0 atom stereocenters. The lowest BCUT2D eigenvalue weighted by atomic mass is 10.2. The van der Waals surface area contributed by atoms with Crippen LogP contribution in [0.25, 0.3) is 0 Å². The number of carbonyl (C=O) groups is 1. The molecule has 1 amide bonds. The molecule has 2 rings (SSSR count). The van der Waals surface area contributed by atoms with E-state index in [4.69, 9.17) is 5.14 Å². The quantitative estimate of drug-likeness (QED) is 0.740. The van der Waals surface area contributed by atoms with Crippen molar-refractivity contribution in [3.8, 4) is 0 Å². The number of hydrogen-bond donors (Lipinski definition) is 3. The lowest BCUT2D eigenvalue weighted by Gasteiger charge is -2.21. The van der Waals surface area contributed by atoms with Crippen LogP contribution < -0.4 is 15.8 Å². The number of benzene rings is 1. The zero-order valence-electron chi connectivity index (χ0n) is 11.5. The number of primary sulfonamides is 1. The van der Waals surface area contributed by atoms with Crippen LogP contribution in [0.3, 0.4) is 0 Å². The number of rotatable bonds is 5. The number of piperidine rings is 1. The van der Waals surface area contributed by atoms with Crippen LogP contribution in [0.4, 0.5) is 5.69 Å². The fourth-order valence-corrected chi connectivity index (χ4v) is 3.62. The lowest BCUT2D eigenvalue weighted by molar-refractivity contribution is -0.113. The van der Waals surface area contributed by atoms with Crippen molar-refractivity contribution in [2.45, 2.75) is 23.0 Å². The van der Waals surface area contributed by atoms with E-state index in [-0.39, 0.29) is 10.8 Å². The Kier molecular flexibility index (Phi) is 5.63. The Bertz CT molecular complexity index is 581. The van der Waals surface area contributed by atoms with E-state index in [0.717, 1.165) is 25.9 Å². The Morgan fingerprint density at radius 3 is 2.48 bits per heavy atom. The molecule has 0 radical (unpaired) electrons. The van der Waals surface area contributed by atoms with Crippen LogP contribution in [0.2, 0.25) is 0 Å². The molecule has 1 saturated heterocycles. The van der Waals surface area contributed by atoms with E-state index in [2.05, 4.69) is 10.6 Å². The molecule has 0 aliphatic carbocycles. The van der Waals surface area contributed by atoms with Gasteiger partial charge in [-0.2, -0.15) is 0 Å². The van der Waals surface area contributed by atoms with Gasteiger partial charge >= 0.3 is 0 Å². The van der Waals surface area contributed by atoms with Crippen molar-refractivity contribution in [3.05, 3.63) is 24.3 Å². The molecule has 1 fully saturated rings. The molecular weight excluding hydrogens is 310 g/mol. The number of nitrogens with two attached hydrogens (primary N) is 1. The first-order valence-corrected chi connectivity index (χ1v) is 9.30. The standard InChI is InChI=1S/C13H19N3O3S2/c14-21(18,19)12-3-1-10(2-4-12)16-13(17)9-20-11-5-7-15-8-6-11/h1-4,11,15H,5-9H2,(H,16,17)(H2,14,18,19). The molecule has 1 aromatic carbocycles. The van der Waals surface area contributed by atoms with E-state index in [1.807, 2.05) is 0 Å². The van der Waals surface area contributed by atoms with Crippen molar-refractivity contribution in [2.24, 2.45) is 5.14 Å². The van der Waals surface area contributed by atoms with Crippen molar-refractivity contribution in [3.63, 3.8) is 0 Å². The summed E-state index contributed by atoms with van der Waals surface area (Å²) in [5.41, 5.74) is 0.568. The molecule has 116 valence electrons. The maximum atomic E-state index is 11.8. The molecule has 1 aliphatic heterocycles. The molecule has 21 heavy (non-hydrogen) atoms. The zero-order chi connectivity index (χ0) is 15.3. The second-order valence-corrected chi connectivity index (χ2v) is 7.73. The highest BCUT2D eigenvalue weighted by atomic mass is 32.2. The Balaban J connectivity index is 1.82. The summed E-state index contributed by atoms with van der Waals surface area (Å²) in [4.78, 5) is 11.9. The maximum absolute atomic E-state index is 11.8. The van der Waals surface area contributed by atoms with Crippen LogP contribution >= 0.6 is 11.8 Å². The molecule has 0 bridgehead atoms. The fraction of sp³-hybridized carbons (Fsp3) is 0.462. The van der Waals surface area contributed by atoms with Gasteiger partial charge < -0.3 is 10.6 Å². The molecule has 1 aliphatic rings. The van der Waals surface area contributed by atoms with Gasteiger partial charge in [0.05, 0.1) is 10.6 Å². The average molecular weight is 329 g/mol. The van der Waals surface area contributed by atoms with Crippen LogP contribution in [-0.2, 0) is 14.8 Å². The minimum absolute atomic E-state index is 0.0320. The first kappa shape index (κ1) is 16.3. The van der Waals surface area contributed by atoms with Gasteiger partial charge in [-0.15, -0.1) is 11.8 Å². The van der Waals surface area contributed by atoms with Crippen molar-refractivity contribution in [1.82, 2.24) is 5.32 Å². The van der Waals surface area contributed by atoms with Gasteiger partial charge in [0.1, 0.15) is 0 Å². The molecule has 0 saturated carbocycles. The molecule has 1 heterocycles. The zero-order valence-corrected chi connectivity index (χ0v) is 13.2. The lowest BCUT2D eigenvalue weighted by Crippen LogP contribution is -2.30. The van der Waals surface area contributed by atoms with Crippen LogP contribution in [0.1, 0.15) is 12.8 Å². The maximum Gasteiger partial charge on any atom is 0.238 e. The predicted molar refractivity (Wildman–Crippen MR) is 84.8 cm³/mol. The number of sulfonamides is 1. The van der Waals surface area contributed by atoms with Crippen LogP contribution in [-0.4, -0.2) is 38.4 Å². The van der Waals surface area contributed by atoms with E-state index in [1.54, 1.807) is 11.8 Å². The first-order valence-electron chi connectivity index (χ1n) is 6.70. The predicted octanol–water partition coefficient (Wildman–Crippen LogP) is 0.758. The van der Waals surface area contributed by atoms with E-state index < -0.39 is 10.0 Å². The number of thioether (sulfide) groups is 1. The van der Waals surface area contributed by atoms with Gasteiger partial charge in [0.2, 0.25) is 15.9 Å². The third-order valence-electron chi connectivity index (χ3n) is 3.20. The summed E-state index contributed by atoms with van der Waals surface area (Å²) in [5.74, 6) is 0.323. The van der Waals surface area contributed by atoms with E-state index in [1.165, 1.54) is 24.3 Å². The van der Waals surface area contributed by atoms with Gasteiger partial charge in [0.15, 0.2) is 0 Å². The van der Waals surface area contributed by atoms with Gasteiger partial charge in [0.25, 0.3) is 0 Å². The smallest absolute Gasteiger partial charge is 0.238 e. The van der Waals surface area contributed by atoms with Crippen molar-refractivity contribution in [1.29, 1.82) is 0 Å². The SMILES string of the molecule is NS(=O)(=O)c1ccc(NC(=O)CSC2CCNCC2)cc1. The Hall–Kier alpha value is -1.09. The largest absolute Gasteiger partial charge is 0.325 e. The molecule has 0 aromatic heterocycles. The van der Waals surface area contributed by atoms with Gasteiger partial charge in [0, 0.05) is 10.9 Å². The fourth-order valence-electron chi connectivity index (χ4n) is 2.08. The summed E-state index contributed by atoms with van der Waals surface area (Å²) in [6.45, 7) is 2.02. The van der Waals surface area contributed by atoms with Crippen LogP contribution in [0.15, 0.2) is 29.2 Å². The number of nitrogens with one attached hydrogen (secondary N) is 2. The Morgan fingerprint density at radius 2 is 1.90 bits per heavy atom. The summed E-state index contributed by atoms with van der Waals surface area (Å²) in [6.07, 6.45) is 2.17. The molecule has 4 N–H and O–H groups in total. The molecule has 8 heteroatoms. The molecule has 1 aromatic rings. The van der Waals surface area contributed by atoms with E-state index in [0.29, 0.717) is 16.7 Å². The second kappa shape index (κ2) is 7.26. The first-order chi connectivity index (χ1) is 9.95. The number of hydrogen-bond acceptors (Lipinski definition) is 5. The molecule has 0 unspecified atom stereocenters. The summed E-state index contributed by atoms with van der Waals surface area (Å²) in [7, 11) is -3.70. The molecule has 6 nitrogen and oxygen atoms in total. The normalized spacial score (nSPS) is 16.6. The monoisotopic (exact) mass is 329 g/mol. The number of carbonyl (C=O) groups excluding carboxylic acids is 1. The summed E-state index contributed by atoms with van der Waals surface area (Å²) in [6, 6.07) is 5.83. The number of amides is 1. The van der Waals surface area contributed by atoms with Gasteiger partial charge in [-0.3, -0.25) is 4.79 Å². The van der Waals surface area contributed by atoms with E-state index >= 15 is 0 Å². The van der Waals surface area contributed by atoms with Crippen LogP contribution in [0.5, 0.6) is 0 Å². The van der Waals surface area contributed by atoms with Gasteiger partial charge in [-0.05, 0) is 50.2 Å². The minimum atomic E-state index is -3.70. The van der Waals surface area contributed by atoms with Gasteiger partial charge in [-0.25, -0.2) is 13.6 Å². The molecular formula is C13H19N3O3S2. The summed E-state index contributed by atoms with van der Waals surface area (Å²) < 4.78 is 22.3. The Labute approximate surface area is 128 Å². The van der Waals surface area contributed by atoms with Crippen molar-refractivity contribution in [2.75, 3.05) is 24.2 Å². The summed E-state index contributed by atoms with van der Waals surface area (Å²) in [5, 5.41) is 11.6.